The van der Waals surface area contributed by atoms with Gasteiger partial charge in [0.15, 0.2) is 0 Å². The van der Waals surface area contributed by atoms with Crippen LogP contribution < -0.4 is 5.32 Å². The molecule has 0 atom stereocenters. The van der Waals surface area contributed by atoms with Crippen molar-refractivity contribution in [3.05, 3.63) is 64.4 Å². The SMILES string of the molecule is O=C(O)c1cc(Cl)ccc1NCc1ccc(F)cc1. The van der Waals surface area contributed by atoms with E-state index in [0.29, 0.717) is 17.3 Å². The van der Waals surface area contributed by atoms with E-state index in [1.54, 1.807) is 24.3 Å². The Morgan fingerprint density at radius 2 is 1.89 bits per heavy atom. The smallest absolute Gasteiger partial charge is 0.337 e. The van der Waals surface area contributed by atoms with E-state index in [9.17, 15) is 9.18 Å². The Morgan fingerprint density at radius 3 is 2.53 bits per heavy atom. The topological polar surface area (TPSA) is 49.3 Å². The second-order valence-corrected chi connectivity index (χ2v) is 4.41. The molecule has 0 unspecified atom stereocenters. The molecule has 0 aliphatic carbocycles. The number of hydrogen-bond acceptors (Lipinski definition) is 2. The van der Waals surface area contributed by atoms with Crippen LogP contribution in [0.4, 0.5) is 10.1 Å². The second-order valence-electron chi connectivity index (χ2n) is 3.98. The summed E-state index contributed by atoms with van der Waals surface area (Å²) < 4.78 is 12.8. The lowest BCUT2D eigenvalue weighted by atomic mass is 10.1. The van der Waals surface area contributed by atoms with Gasteiger partial charge in [-0.25, -0.2) is 9.18 Å². The molecule has 0 radical (unpaired) electrons. The molecule has 0 spiro atoms. The Balaban J connectivity index is 2.15. The van der Waals surface area contributed by atoms with Crippen LogP contribution in [0.3, 0.4) is 0 Å². The summed E-state index contributed by atoms with van der Waals surface area (Å²) in [6.07, 6.45) is 0. The van der Waals surface area contributed by atoms with Crippen molar-refractivity contribution < 1.29 is 14.3 Å². The number of halogens is 2. The van der Waals surface area contributed by atoms with Crippen molar-refractivity contribution in [1.82, 2.24) is 0 Å². The first kappa shape index (κ1) is 13.4. The summed E-state index contributed by atoms with van der Waals surface area (Å²) in [7, 11) is 0. The molecule has 0 saturated heterocycles. The maximum atomic E-state index is 12.8. The van der Waals surface area contributed by atoms with Crippen molar-refractivity contribution in [2.45, 2.75) is 6.54 Å². The second kappa shape index (κ2) is 5.71. The molecule has 0 heterocycles. The molecule has 2 N–H and O–H groups in total. The van der Waals surface area contributed by atoms with Gasteiger partial charge in [0.1, 0.15) is 5.82 Å². The lowest BCUT2D eigenvalue weighted by molar-refractivity contribution is 0.0698. The molecule has 2 aromatic carbocycles. The Morgan fingerprint density at radius 1 is 1.21 bits per heavy atom. The number of hydrogen-bond donors (Lipinski definition) is 2. The third kappa shape index (κ3) is 3.45. The zero-order valence-corrected chi connectivity index (χ0v) is 10.6. The van der Waals surface area contributed by atoms with Crippen molar-refractivity contribution >= 4 is 23.3 Å². The van der Waals surface area contributed by atoms with Crippen LogP contribution in [0, 0.1) is 5.82 Å². The van der Waals surface area contributed by atoms with E-state index in [2.05, 4.69) is 5.32 Å². The number of nitrogens with one attached hydrogen (secondary N) is 1. The van der Waals surface area contributed by atoms with Gasteiger partial charge in [0.25, 0.3) is 0 Å². The lowest BCUT2D eigenvalue weighted by Gasteiger charge is -2.10. The van der Waals surface area contributed by atoms with Gasteiger partial charge in [-0.15, -0.1) is 0 Å². The fourth-order valence-corrected chi connectivity index (χ4v) is 1.82. The minimum atomic E-state index is -1.05. The first-order valence-electron chi connectivity index (χ1n) is 5.57. The van der Waals surface area contributed by atoms with Gasteiger partial charge in [-0.05, 0) is 35.9 Å². The van der Waals surface area contributed by atoms with Crippen LogP contribution in [-0.2, 0) is 6.54 Å². The van der Waals surface area contributed by atoms with E-state index >= 15 is 0 Å². The molecule has 0 aromatic heterocycles. The molecule has 3 nitrogen and oxygen atoms in total. The number of rotatable bonds is 4. The van der Waals surface area contributed by atoms with E-state index in [0.717, 1.165) is 5.56 Å². The molecule has 0 bridgehead atoms. The lowest BCUT2D eigenvalue weighted by Crippen LogP contribution is -2.06. The molecule has 2 aromatic rings. The minimum absolute atomic E-state index is 0.106. The van der Waals surface area contributed by atoms with Gasteiger partial charge >= 0.3 is 5.97 Å². The molecule has 5 heteroatoms. The van der Waals surface area contributed by atoms with Crippen LogP contribution in [0.5, 0.6) is 0 Å². The van der Waals surface area contributed by atoms with Crippen LogP contribution in [0.15, 0.2) is 42.5 Å². The highest BCUT2D eigenvalue weighted by molar-refractivity contribution is 6.31. The highest BCUT2D eigenvalue weighted by Crippen LogP contribution is 2.21. The Hall–Kier alpha value is -2.07. The van der Waals surface area contributed by atoms with Gasteiger partial charge in [0.2, 0.25) is 0 Å². The van der Waals surface area contributed by atoms with E-state index in [1.165, 1.54) is 18.2 Å². The highest BCUT2D eigenvalue weighted by atomic mass is 35.5. The van der Waals surface area contributed by atoms with Crippen molar-refractivity contribution in [2.75, 3.05) is 5.32 Å². The van der Waals surface area contributed by atoms with Crippen molar-refractivity contribution in [2.24, 2.45) is 0 Å². The van der Waals surface area contributed by atoms with Crippen LogP contribution >= 0.6 is 11.6 Å². The van der Waals surface area contributed by atoms with E-state index < -0.39 is 5.97 Å². The van der Waals surface area contributed by atoms with Crippen LogP contribution in [0.25, 0.3) is 0 Å². The summed E-state index contributed by atoms with van der Waals surface area (Å²) >= 11 is 5.76. The summed E-state index contributed by atoms with van der Waals surface area (Å²) in [5.74, 6) is -1.36. The monoisotopic (exact) mass is 279 g/mol. The van der Waals surface area contributed by atoms with Gasteiger partial charge in [0.05, 0.1) is 5.56 Å². The van der Waals surface area contributed by atoms with Gasteiger partial charge in [-0.1, -0.05) is 23.7 Å². The normalized spacial score (nSPS) is 10.2. The predicted molar refractivity (Wildman–Crippen MR) is 72.1 cm³/mol. The van der Waals surface area contributed by atoms with Crippen LogP contribution in [0.1, 0.15) is 15.9 Å². The number of carboxylic acid groups (broad SMARTS) is 1. The van der Waals surface area contributed by atoms with Gasteiger partial charge < -0.3 is 10.4 Å². The maximum absolute atomic E-state index is 12.8. The zero-order chi connectivity index (χ0) is 13.8. The largest absolute Gasteiger partial charge is 0.478 e. The van der Waals surface area contributed by atoms with Gasteiger partial charge in [0, 0.05) is 17.3 Å². The highest BCUT2D eigenvalue weighted by Gasteiger charge is 2.10. The van der Waals surface area contributed by atoms with E-state index in [1.807, 2.05) is 0 Å². The molecule has 98 valence electrons. The van der Waals surface area contributed by atoms with Gasteiger partial charge in [-0.2, -0.15) is 0 Å². The number of anilines is 1. The number of benzene rings is 2. The standard InChI is InChI=1S/C14H11ClFNO2/c15-10-3-6-13(12(7-10)14(18)19)17-8-9-1-4-11(16)5-2-9/h1-7,17H,8H2,(H,18,19). The molecule has 0 amide bonds. The molecule has 0 aliphatic rings. The Kier molecular flexibility index (Phi) is 4.02. The predicted octanol–water partition coefficient (Wildman–Crippen LogP) is 3.79. The van der Waals surface area contributed by atoms with E-state index in [-0.39, 0.29) is 11.4 Å². The van der Waals surface area contributed by atoms with Gasteiger partial charge in [-0.3, -0.25) is 0 Å². The zero-order valence-electron chi connectivity index (χ0n) is 9.86. The first-order chi connectivity index (χ1) is 9.06. The maximum Gasteiger partial charge on any atom is 0.337 e. The molecule has 0 aliphatic heterocycles. The minimum Gasteiger partial charge on any atom is -0.478 e. The summed E-state index contributed by atoms with van der Waals surface area (Å²) in [6.45, 7) is 0.405. The number of carboxylic acids is 1. The molecule has 19 heavy (non-hydrogen) atoms. The Labute approximate surface area is 114 Å². The van der Waals surface area contributed by atoms with Crippen molar-refractivity contribution in [3.8, 4) is 0 Å². The fourth-order valence-electron chi connectivity index (χ4n) is 1.65. The van der Waals surface area contributed by atoms with E-state index in [4.69, 9.17) is 16.7 Å². The quantitative estimate of drug-likeness (QED) is 0.895. The average molecular weight is 280 g/mol. The summed E-state index contributed by atoms with van der Waals surface area (Å²) in [4.78, 5) is 11.1. The molecule has 0 fully saturated rings. The number of carbonyl (C=O) groups is 1. The third-order valence-electron chi connectivity index (χ3n) is 2.61. The summed E-state index contributed by atoms with van der Waals surface area (Å²) in [6, 6.07) is 10.6. The van der Waals surface area contributed by atoms with Crippen LogP contribution in [0.2, 0.25) is 5.02 Å². The molecular weight excluding hydrogens is 269 g/mol. The fraction of sp³-hybridized carbons (Fsp3) is 0.0714. The van der Waals surface area contributed by atoms with Crippen LogP contribution in [-0.4, -0.2) is 11.1 Å². The molecule has 0 saturated carbocycles. The Bertz CT molecular complexity index is 599. The molecular formula is C14H11ClFNO2. The average Bonchev–Trinajstić information content (AvgIpc) is 2.39. The molecule has 2 rings (SSSR count). The summed E-state index contributed by atoms with van der Waals surface area (Å²) in [5.41, 5.74) is 1.43. The van der Waals surface area contributed by atoms with Crippen molar-refractivity contribution in [1.29, 1.82) is 0 Å². The summed E-state index contributed by atoms with van der Waals surface area (Å²) in [5, 5.41) is 12.4. The van der Waals surface area contributed by atoms with Crippen molar-refractivity contribution in [3.63, 3.8) is 0 Å². The third-order valence-corrected chi connectivity index (χ3v) is 2.84. The number of aromatic carboxylic acids is 1. The first-order valence-corrected chi connectivity index (χ1v) is 5.95.